The van der Waals surface area contributed by atoms with Gasteiger partial charge in [0, 0.05) is 47.6 Å². The Kier molecular flexibility index (Phi) is 3.53. The van der Waals surface area contributed by atoms with Crippen molar-refractivity contribution in [3.8, 4) is 17.0 Å². The third-order valence-electron chi connectivity index (χ3n) is 5.16. The third-order valence-corrected chi connectivity index (χ3v) is 5.16. The van der Waals surface area contributed by atoms with E-state index < -0.39 is 0 Å². The number of aromatic nitrogens is 5. The summed E-state index contributed by atoms with van der Waals surface area (Å²) in [6.45, 7) is 2.99. The van der Waals surface area contributed by atoms with Crippen LogP contribution in [0.2, 0.25) is 0 Å². The van der Waals surface area contributed by atoms with Gasteiger partial charge >= 0.3 is 0 Å². The first kappa shape index (κ1) is 15.7. The zero-order chi connectivity index (χ0) is 18.4. The molecule has 0 unspecified atom stereocenters. The molecule has 4 heterocycles. The van der Waals surface area contributed by atoms with E-state index in [-0.39, 0.29) is 11.8 Å². The van der Waals surface area contributed by atoms with Crippen molar-refractivity contribution in [2.24, 2.45) is 0 Å². The quantitative estimate of drug-likeness (QED) is 0.572. The van der Waals surface area contributed by atoms with Crippen LogP contribution in [0.3, 0.4) is 0 Å². The number of aromatic amines is 1. The Morgan fingerprint density at radius 3 is 2.74 bits per heavy atom. The lowest BCUT2D eigenvalue weighted by molar-refractivity contribution is 0.477. The van der Waals surface area contributed by atoms with Crippen LogP contribution in [0.15, 0.2) is 48.8 Å². The lowest BCUT2D eigenvalue weighted by atomic mass is 9.97. The van der Waals surface area contributed by atoms with Gasteiger partial charge in [0.1, 0.15) is 5.75 Å². The summed E-state index contributed by atoms with van der Waals surface area (Å²) in [5, 5.41) is 19.9. The highest BCUT2D eigenvalue weighted by atomic mass is 16.3. The summed E-state index contributed by atoms with van der Waals surface area (Å²) < 4.78 is 0. The van der Waals surface area contributed by atoms with E-state index in [1.54, 1.807) is 24.5 Å². The van der Waals surface area contributed by atoms with Crippen LogP contribution >= 0.6 is 0 Å². The van der Waals surface area contributed by atoms with Gasteiger partial charge < -0.3 is 15.0 Å². The first-order valence-electron chi connectivity index (χ1n) is 8.92. The second-order valence-electron chi connectivity index (χ2n) is 6.69. The van der Waals surface area contributed by atoms with Gasteiger partial charge in [0.25, 0.3) is 0 Å². The molecule has 1 aliphatic heterocycles. The molecule has 0 saturated heterocycles. The summed E-state index contributed by atoms with van der Waals surface area (Å²) in [7, 11) is 0. The summed E-state index contributed by atoms with van der Waals surface area (Å²) in [4.78, 5) is 14.4. The SMILES string of the molecule is C[C@H]1c2c([nH]c3nnc(-c4ccccc4O)cc23)CCN1c1ncccn1. The molecule has 27 heavy (non-hydrogen) atoms. The van der Waals surface area contributed by atoms with Crippen LogP contribution in [0.4, 0.5) is 5.95 Å². The average molecular weight is 358 g/mol. The van der Waals surface area contributed by atoms with Crippen molar-refractivity contribution in [2.75, 3.05) is 11.4 Å². The van der Waals surface area contributed by atoms with Crippen molar-refractivity contribution in [1.29, 1.82) is 0 Å². The summed E-state index contributed by atoms with van der Waals surface area (Å²) >= 11 is 0. The van der Waals surface area contributed by atoms with Gasteiger partial charge in [-0.2, -0.15) is 0 Å². The fourth-order valence-corrected chi connectivity index (χ4v) is 3.85. The lowest BCUT2D eigenvalue weighted by Crippen LogP contribution is -2.34. The minimum atomic E-state index is 0.103. The van der Waals surface area contributed by atoms with Gasteiger partial charge in [0.05, 0.1) is 11.7 Å². The molecular formula is C20H18N6O. The Morgan fingerprint density at radius 2 is 1.93 bits per heavy atom. The Morgan fingerprint density at radius 1 is 1.11 bits per heavy atom. The minimum absolute atomic E-state index is 0.103. The first-order valence-corrected chi connectivity index (χ1v) is 8.92. The molecule has 0 amide bonds. The molecule has 0 spiro atoms. The van der Waals surface area contributed by atoms with Crippen LogP contribution in [-0.2, 0) is 6.42 Å². The normalized spacial score (nSPS) is 16.5. The van der Waals surface area contributed by atoms with Gasteiger partial charge in [-0.1, -0.05) is 12.1 Å². The Balaban J connectivity index is 1.64. The smallest absolute Gasteiger partial charge is 0.225 e. The van der Waals surface area contributed by atoms with E-state index in [2.05, 4.69) is 37.0 Å². The molecule has 0 saturated carbocycles. The number of phenolic OH excluding ortho intramolecular Hbond substituents is 1. The average Bonchev–Trinajstić information content (AvgIpc) is 3.08. The Labute approximate surface area is 155 Å². The largest absolute Gasteiger partial charge is 0.507 e. The zero-order valence-corrected chi connectivity index (χ0v) is 14.8. The van der Waals surface area contributed by atoms with Crippen molar-refractivity contribution < 1.29 is 5.11 Å². The van der Waals surface area contributed by atoms with Crippen LogP contribution in [0.1, 0.15) is 24.2 Å². The fraction of sp³-hybridized carbons (Fsp3) is 0.200. The topological polar surface area (TPSA) is 90.8 Å². The summed E-state index contributed by atoms with van der Waals surface area (Å²) in [6.07, 6.45) is 4.39. The number of benzene rings is 1. The molecule has 1 atom stereocenters. The number of para-hydroxylation sites is 1. The zero-order valence-electron chi connectivity index (χ0n) is 14.8. The maximum absolute atomic E-state index is 10.2. The van der Waals surface area contributed by atoms with Gasteiger partial charge in [-0.25, -0.2) is 9.97 Å². The van der Waals surface area contributed by atoms with Crippen molar-refractivity contribution in [3.05, 3.63) is 60.0 Å². The molecule has 4 aromatic rings. The number of nitrogens with zero attached hydrogens (tertiary/aromatic N) is 5. The van der Waals surface area contributed by atoms with Gasteiger partial charge in [0.15, 0.2) is 5.65 Å². The van der Waals surface area contributed by atoms with E-state index in [4.69, 9.17) is 0 Å². The number of aromatic hydroxyl groups is 1. The molecular weight excluding hydrogens is 340 g/mol. The van der Waals surface area contributed by atoms with Crippen LogP contribution in [0.5, 0.6) is 5.75 Å². The van der Waals surface area contributed by atoms with Crippen LogP contribution in [-0.4, -0.2) is 36.8 Å². The highest BCUT2D eigenvalue weighted by molar-refractivity contribution is 5.86. The van der Waals surface area contributed by atoms with E-state index in [0.29, 0.717) is 11.3 Å². The molecule has 3 aromatic heterocycles. The molecule has 134 valence electrons. The third kappa shape index (κ3) is 2.51. The molecule has 1 aromatic carbocycles. The van der Waals surface area contributed by atoms with E-state index >= 15 is 0 Å². The molecule has 0 aliphatic carbocycles. The Bertz CT molecular complexity index is 1120. The summed E-state index contributed by atoms with van der Waals surface area (Å²) in [5.41, 5.74) is 4.46. The van der Waals surface area contributed by atoms with Gasteiger partial charge in [-0.3, -0.25) is 0 Å². The van der Waals surface area contributed by atoms with E-state index in [9.17, 15) is 5.11 Å². The summed E-state index contributed by atoms with van der Waals surface area (Å²) in [5.74, 6) is 0.927. The molecule has 2 N–H and O–H groups in total. The number of rotatable bonds is 2. The molecule has 0 fully saturated rings. The van der Waals surface area contributed by atoms with Crippen LogP contribution < -0.4 is 4.90 Å². The first-order chi connectivity index (χ1) is 13.2. The van der Waals surface area contributed by atoms with E-state index in [1.165, 1.54) is 11.3 Å². The Hall–Kier alpha value is -3.48. The molecule has 7 heteroatoms. The monoisotopic (exact) mass is 358 g/mol. The van der Waals surface area contributed by atoms with Gasteiger partial charge in [0.2, 0.25) is 5.95 Å². The number of H-pyrrole nitrogens is 1. The number of anilines is 1. The maximum atomic E-state index is 10.2. The number of fused-ring (bicyclic) bond motifs is 3. The standard InChI is InChI=1S/C20H18N6O/c1-12-18-14-11-16(13-5-2-3-6-17(13)27)24-25-19(14)23-15(18)7-10-26(12)20-21-8-4-9-22-20/h2-6,8-9,11-12,27H,7,10H2,1H3,(H,23,25)/t12-/m0/s1. The van der Waals surface area contributed by atoms with Crippen molar-refractivity contribution >= 4 is 17.0 Å². The number of nitrogens with one attached hydrogen (secondary N) is 1. The summed E-state index contributed by atoms with van der Waals surface area (Å²) in [6, 6.07) is 11.1. The van der Waals surface area contributed by atoms with E-state index in [1.807, 2.05) is 24.3 Å². The fourth-order valence-electron chi connectivity index (χ4n) is 3.85. The van der Waals surface area contributed by atoms with Crippen molar-refractivity contribution in [2.45, 2.75) is 19.4 Å². The minimum Gasteiger partial charge on any atom is -0.507 e. The predicted molar refractivity (Wildman–Crippen MR) is 102 cm³/mol. The van der Waals surface area contributed by atoms with Crippen LogP contribution in [0, 0.1) is 0 Å². The highest BCUT2D eigenvalue weighted by Gasteiger charge is 2.29. The molecule has 0 radical (unpaired) electrons. The van der Waals surface area contributed by atoms with Crippen LogP contribution in [0.25, 0.3) is 22.3 Å². The second-order valence-corrected chi connectivity index (χ2v) is 6.69. The van der Waals surface area contributed by atoms with Gasteiger partial charge in [-0.15, -0.1) is 10.2 Å². The number of phenols is 1. The molecule has 1 aliphatic rings. The van der Waals surface area contributed by atoms with Crippen molar-refractivity contribution in [3.63, 3.8) is 0 Å². The van der Waals surface area contributed by atoms with Crippen molar-refractivity contribution in [1.82, 2.24) is 25.1 Å². The molecule has 7 nitrogen and oxygen atoms in total. The number of hydrogen-bond acceptors (Lipinski definition) is 6. The lowest BCUT2D eigenvalue weighted by Gasteiger charge is -2.33. The molecule has 0 bridgehead atoms. The molecule has 5 rings (SSSR count). The maximum Gasteiger partial charge on any atom is 0.225 e. The highest BCUT2D eigenvalue weighted by Crippen LogP contribution is 2.37. The van der Waals surface area contributed by atoms with E-state index in [0.717, 1.165) is 29.9 Å². The predicted octanol–water partition coefficient (Wildman–Crippen LogP) is 3.24. The number of hydrogen-bond donors (Lipinski definition) is 2. The second kappa shape index (κ2) is 6.05. The van der Waals surface area contributed by atoms with Gasteiger partial charge in [-0.05, 0) is 31.2 Å².